The van der Waals surface area contributed by atoms with Gasteiger partial charge in [0.1, 0.15) is 29.8 Å². The summed E-state index contributed by atoms with van der Waals surface area (Å²) in [4.78, 5) is 58.3. The molecule has 5 N–H and O–H groups in total. The number of phenolic OH excluding ortho intramolecular Hbond substituents is 1. The van der Waals surface area contributed by atoms with Gasteiger partial charge in [-0.2, -0.15) is 0 Å². The summed E-state index contributed by atoms with van der Waals surface area (Å²) < 4.78 is 30.7. The third kappa shape index (κ3) is 13.2. The maximum atomic E-state index is 14.5. The third-order valence-corrected chi connectivity index (χ3v) is 14.3. The van der Waals surface area contributed by atoms with E-state index >= 15 is 0 Å². The van der Waals surface area contributed by atoms with Crippen LogP contribution in [-0.4, -0.2) is 126 Å². The molecule has 65 heavy (non-hydrogen) atoms. The fraction of sp³-hybridized carbons (Fsp3) is 0.686. The maximum absolute atomic E-state index is 14.5. The Morgan fingerprint density at radius 3 is 2.32 bits per heavy atom. The van der Waals surface area contributed by atoms with Gasteiger partial charge in [0.15, 0.2) is 0 Å². The highest BCUT2D eigenvalue weighted by atomic mass is 16.7. The van der Waals surface area contributed by atoms with Gasteiger partial charge in [-0.25, -0.2) is 4.79 Å². The second-order valence-corrected chi connectivity index (χ2v) is 19.3. The zero-order valence-electron chi connectivity index (χ0n) is 39.9. The van der Waals surface area contributed by atoms with Gasteiger partial charge in [-0.1, -0.05) is 69.7 Å². The number of carbonyl (C=O) groups is 4. The van der Waals surface area contributed by atoms with Crippen LogP contribution in [0.3, 0.4) is 0 Å². The average Bonchev–Trinajstić information content (AvgIpc) is 3.28. The van der Waals surface area contributed by atoms with E-state index in [0.29, 0.717) is 57.1 Å². The molecule has 14 atom stereocenters. The zero-order valence-corrected chi connectivity index (χ0v) is 39.9. The molecule has 1 amide bonds. The number of ether oxygens (including phenoxy) is 5. The lowest BCUT2D eigenvalue weighted by molar-refractivity contribution is -0.302. The topological polar surface area (TPSA) is 204 Å². The highest BCUT2D eigenvalue weighted by Gasteiger charge is 2.56. The number of amides is 1. The van der Waals surface area contributed by atoms with Gasteiger partial charge in [-0.15, -0.1) is 0 Å². The minimum atomic E-state index is -2.51. The van der Waals surface area contributed by atoms with E-state index in [1.807, 2.05) is 57.2 Å². The predicted octanol–water partition coefficient (Wildman–Crippen LogP) is 6.23. The standard InChI is InChI=1S/C51H76N2O12/c1-9-37-24-30(2)23-31(3)25-44(61-7)47-45(62-8)27-33(5)51(60,65-47)48(57)49(58)53-21-11-10-14-40(53)50(59)64-46(34(6)41(55)29-42(37)56)32(4)26-36-17-20-39(52)43(28-36)63-22-12-13-35-15-18-38(54)19-16-35/h12-13,15-16,18-19,24,26,31,33-34,36-37,39-41,43-47,54-55,60H,9-11,14,17,20-23,25,27-29,52H2,1-8H3/b13-12?,30-24+,32-26?. The summed E-state index contributed by atoms with van der Waals surface area (Å²) in [6.07, 6.45) is 8.43. The number of fused-ring (bicyclic) bond motifs is 3. The number of cyclic esters (lactones) is 1. The Hall–Kier alpha value is -3.76. The van der Waals surface area contributed by atoms with Crippen molar-refractivity contribution in [2.45, 2.75) is 167 Å². The molecule has 1 aromatic carbocycles. The number of carbonyl (C=O) groups excluding carboxylic acids is 4. The summed E-state index contributed by atoms with van der Waals surface area (Å²) in [5.41, 5.74) is 9.13. The Morgan fingerprint density at radius 1 is 0.954 bits per heavy atom. The van der Waals surface area contributed by atoms with Crippen molar-refractivity contribution in [1.29, 1.82) is 0 Å². The molecule has 0 radical (unpaired) electrons. The fourth-order valence-electron chi connectivity index (χ4n) is 10.3. The van der Waals surface area contributed by atoms with Gasteiger partial charge < -0.3 is 49.6 Å². The summed E-state index contributed by atoms with van der Waals surface area (Å²) in [5, 5.41) is 33.5. The van der Waals surface area contributed by atoms with Crippen molar-refractivity contribution >= 4 is 29.5 Å². The second-order valence-electron chi connectivity index (χ2n) is 19.3. The molecule has 14 nitrogen and oxygen atoms in total. The first kappa shape index (κ1) is 52.2. The van der Waals surface area contributed by atoms with Gasteiger partial charge in [0.2, 0.25) is 5.79 Å². The van der Waals surface area contributed by atoms with Crippen molar-refractivity contribution < 1.29 is 58.2 Å². The Bertz CT molecular complexity index is 1860. The molecular weight excluding hydrogens is 833 g/mol. The van der Waals surface area contributed by atoms with Crippen LogP contribution in [-0.2, 0) is 42.9 Å². The number of piperidine rings is 1. The van der Waals surface area contributed by atoms with Crippen LogP contribution in [0.25, 0.3) is 6.08 Å². The SMILES string of the molecule is CCC1/C=C(\C)CC(C)CC(OC)C2OC(O)(C(=O)C(=O)N3CCCCC3C(=O)OC(C(C)=CC3CCC(N)C(OCC=Cc4ccc(O)cc4)C3)C(C)C(O)CC1=O)C(C)CC2OC. The quantitative estimate of drug-likeness (QED) is 0.124. The Balaban J connectivity index is 1.46. The fourth-order valence-corrected chi connectivity index (χ4v) is 10.3. The van der Waals surface area contributed by atoms with Gasteiger partial charge in [0.25, 0.3) is 11.7 Å². The van der Waals surface area contributed by atoms with Crippen molar-refractivity contribution in [3.63, 3.8) is 0 Å². The number of rotatable bonds is 9. The smallest absolute Gasteiger partial charge is 0.329 e. The van der Waals surface area contributed by atoms with Gasteiger partial charge in [-0.3, -0.25) is 14.4 Å². The molecule has 3 fully saturated rings. The van der Waals surface area contributed by atoms with Crippen molar-refractivity contribution in [3.05, 3.63) is 59.2 Å². The minimum Gasteiger partial charge on any atom is -0.508 e. The van der Waals surface area contributed by atoms with Gasteiger partial charge in [-0.05, 0) is 113 Å². The maximum Gasteiger partial charge on any atom is 0.329 e. The first-order valence-corrected chi connectivity index (χ1v) is 23.8. The van der Waals surface area contributed by atoms with Crippen LogP contribution < -0.4 is 5.73 Å². The van der Waals surface area contributed by atoms with E-state index in [-0.39, 0.29) is 61.3 Å². The largest absolute Gasteiger partial charge is 0.508 e. The number of phenols is 1. The molecule has 0 spiro atoms. The number of methoxy groups -OCH3 is 2. The molecule has 14 heteroatoms. The number of hydrogen-bond donors (Lipinski definition) is 4. The summed E-state index contributed by atoms with van der Waals surface area (Å²) in [6, 6.07) is 5.54. The molecular formula is C51H76N2O12. The number of aliphatic hydroxyl groups is 2. The molecule has 2 saturated heterocycles. The van der Waals surface area contributed by atoms with Crippen LogP contribution in [0.1, 0.15) is 118 Å². The number of aromatic hydroxyl groups is 1. The van der Waals surface area contributed by atoms with E-state index in [2.05, 4.69) is 6.92 Å². The van der Waals surface area contributed by atoms with Gasteiger partial charge in [0.05, 0.1) is 31.0 Å². The molecule has 3 heterocycles. The second kappa shape index (κ2) is 23.8. The van der Waals surface area contributed by atoms with E-state index < -0.39 is 77.8 Å². The van der Waals surface area contributed by atoms with Crippen molar-refractivity contribution in [2.24, 2.45) is 35.3 Å². The first-order chi connectivity index (χ1) is 30.9. The molecule has 362 valence electrons. The number of Topliss-reactive ketones (excluding diaryl/α,β-unsaturated/α-hetero) is 2. The number of aliphatic hydroxyl groups excluding tert-OH is 1. The number of nitrogens with zero attached hydrogens (tertiary/aromatic N) is 1. The number of nitrogens with two attached hydrogens (primary N) is 1. The van der Waals surface area contributed by atoms with Crippen molar-refractivity contribution in [1.82, 2.24) is 4.90 Å². The number of benzene rings is 1. The number of hydrogen-bond acceptors (Lipinski definition) is 13. The lowest BCUT2D eigenvalue weighted by Crippen LogP contribution is -2.64. The number of allylic oxidation sites excluding steroid dienone is 3. The monoisotopic (exact) mass is 909 g/mol. The van der Waals surface area contributed by atoms with Gasteiger partial charge in [0, 0.05) is 51.0 Å². The number of ketones is 2. The molecule has 2 bridgehead atoms. The van der Waals surface area contributed by atoms with Crippen LogP contribution in [0.5, 0.6) is 5.75 Å². The van der Waals surface area contributed by atoms with E-state index in [1.54, 1.807) is 26.0 Å². The molecule has 1 aliphatic carbocycles. The molecule has 3 aliphatic heterocycles. The highest BCUT2D eigenvalue weighted by Crippen LogP contribution is 2.39. The van der Waals surface area contributed by atoms with Crippen LogP contribution >= 0.6 is 0 Å². The van der Waals surface area contributed by atoms with Crippen LogP contribution in [0.2, 0.25) is 0 Å². The van der Waals surface area contributed by atoms with E-state index in [9.17, 15) is 34.5 Å². The Labute approximate surface area is 385 Å². The van der Waals surface area contributed by atoms with E-state index in [4.69, 9.17) is 29.4 Å². The molecule has 5 rings (SSSR count). The van der Waals surface area contributed by atoms with Crippen LogP contribution in [0.4, 0.5) is 0 Å². The first-order valence-electron chi connectivity index (χ1n) is 23.8. The molecule has 1 aromatic rings. The average molecular weight is 909 g/mol. The summed E-state index contributed by atoms with van der Waals surface area (Å²) in [5.74, 6) is -7.38. The van der Waals surface area contributed by atoms with Crippen LogP contribution in [0.15, 0.2) is 53.6 Å². The highest BCUT2D eigenvalue weighted by molar-refractivity contribution is 6.39. The van der Waals surface area contributed by atoms with Crippen molar-refractivity contribution in [2.75, 3.05) is 27.4 Å². The third-order valence-electron chi connectivity index (χ3n) is 14.3. The Kier molecular flexibility index (Phi) is 19.1. The zero-order chi connectivity index (χ0) is 47.6. The van der Waals surface area contributed by atoms with Crippen molar-refractivity contribution in [3.8, 4) is 5.75 Å². The Morgan fingerprint density at radius 2 is 1.65 bits per heavy atom. The van der Waals surface area contributed by atoms with E-state index in [1.165, 1.54) is 19.1 Å². The van der Waals surface area contributed by atoms with Gasteiger partial charge >= 0.3 is 5.97 Å². The van der Waals surface area contributed by atoms with Crippen LogP contribution in [0, 0.1) is 29.6 Å². The normalized spacial score (nSPS) is 37.5. The summed E-state index contributed by atoms with van der Waals surface area (Å²) >= 11 is 0. The molecule has 14 unspecified atom stereocenters. The molecule has 4 aliphatic rings. The summed E-state index contributed by atoms with van der Waals surface area (Å²) in [7, 11) is 3.07. The molecule has 0 aromatic heterocycles. The van der Waals surface area contributed by atoms with E-state index in [0.717, 1.165) is 17.6 Å². The predicted molar refractivity (Wildman–Crippen MR) is 246 cm³/mol. The lowest BCUT2D eigenvalue weighted by Gasteiger charge is -2.47. The minimum absolute atomic E-state index is 0.00137. The number of esters is 1. The summed E-state index contributed by atoms with van der Waals surface area (Å²) in [6.45, 7) is 11.6. The lowest BCUT2D eigenvalue weighted by atomic mass is 9.81. The molecule has 1 saturated carbocycles.